The second-order valence-corrected chi connectivity index (χ2v) is 8.68. The number of ether oxygens (including phenoxy) is 1. The van der Waals surface area contributed by atoms with Crippen molar-refractivity contribution in [3.8, 4) is 22.9 Å². The van der Waals surface area contributed by atoms with Gasteiger partial charge in [0.05, 0.1) is 18.7 Å². The number of hydrogen-bond acceptors (Lipinski definition) is 6. The Bertz CT molecular complexity index is 1200. The summed E-state index contributed by atoms with van der Waals surface area (Å²) < 4.78 is 11.0. The monoisotopic (exact) mass is 478 g/mol. The molecule has 0 bridgehead atoms. The van der Waals surface area contributed by atoms with E-state index in [1.807, 2.05) is 25.1 Å². The van der Waals surface area contributed by atoms with Crippen molar-refractivity contribution in [3.05, 3.63) is 65.2 Å². The van der Waals surface area contributed by atoms with Gasteiger partial charge in [0.1, 0.15) is 0 Å². The van der Waals surface area contributed by atoms with Gasteiger partial charge in [-0.2, -0.15) is 4.98 Å². The quantitative estimate of drug-likeness (QED) is 0.412. The molecule has 7 nitrogen and oxygen atoms in total. The van der Waals surface area contributed by atoms with E-state index in [1.165, 1.54) is 12.7 Å². The van der Waals surface area contributed by atoms with Crippen LogP contribution in [0.1, 0.15) is 56.7 Å². The zero-order valence-electron chi connectivity index (χ0n) is 20.0. The second kappa shape index (κ2) is 10.3. The molecule has 2 N–H and O–H groups in total. The SMILES string of the molecule is CCCCN1C(=S)NC(c2ccc(OC)c(O)c2)C(c2nc(-c3ccc(CC)cc3)no2)=C1C. The molecule has 34 heavy (non-hydrogen) atoms. The van der Waals surface area contributed by atoms with Crippen LogP contribution in [0.15, 0.2) is 52.7 Å². The van der Waals surface area contributed by atoms with E-state index in [0.29, 0.717) is 22.6 Å². The number of aromatic nitrogens is 2. The van der Waals surface area contributed by atoms with Gasteiger partial charge in [-0.15, -0.1) is 0 Å². The van der Waals surface area contributed by atoms with Gasteiger partial charge in [0, 0.05) is 17.8 Å². The normalized spacial score (nSPS) is 16.1. The van der Waals surface area contributed by atoms with E-state index in [2.05, 4.69) is 41.4 Å². The van der Waals surface area contributed by atoms with E-state index >= 15 is 0 Å². The molecular formula is C26H30N4O3S. The summed E-state index contributed by atoms with van der Waals surface area (Å²) in [5.74, 6) is 1.41. The highest BCUT2D eigenvalue weighted by atomic mass is 32.1. The molecule has 4 rings (SSSR count). The fraction of sp³-hybridized carbons (Fsp3) is 0.346. The van der Waals surface area contributed by atoms with Crippen LogP contribution in [-0.4, -0.2) is 38.9 Å². The van der Waals surface area contributed by atoms with Gasteiger partial charge in [-0.3, -0.25) is 0 Å². The maximum Gasteiger partial charge on any atom is 0.258 e. The van der Waals surface area contributed by atoms with Crippen molar-refractivity contribution < 1.29 is 14.4 Å². The number of aromatic hydroxyl groups is 1. The molecule has 0 aliphatic carbocycles. The number of phenolic OH excluding ortho intramolecular Hbond substituents is 1. The van der Waals surface area contributed by atoms with Gasteiger partial charge in [0.25, 0.3) is 5.89 Å². The first-order chi connectivity index (χ1) is 16.5. The molecule has 2 aromatic carbocycles. The maximum absolute atomic E-state index is 10.4. The predicted octanol–water partition coefficient (Wildman–Crippen LogP) is 5.48. The largest absolute Gasteiger partial charge is 0.504 e. The molecule has 1 aliphatic heterocycles. The van der Waals surface area contributed by atoms with Crippen LogP contribution in [0.25, 0.3) is 17.0 Å². The van der Waals surface area contributed by atoms with E-state index in [9.17, 15) is 5.11 Å². The number of allylic oxidation sites excluding steroid dienone is 1. The van der Waals surface area contributed by atoms with E-state index < -0.39 is 0 Å². The summed E-state index contributed by atoms with van der Waals surface area (Å²) in [5, 5.41) is 18.7. The molecule has 0 fully saturated rings. The Labute approximate surface area is 205 Å². The molecular weight excluding hydrogens is 448 g/mol. The Morgan fingerprint density at radius 1 is 1.18 bits per heavy atom. The summed E-state index contributed by atoms with van der Waals surface area (Å²) >= 11 is 5.71. The zero-order valence-corrected chi connectivity index (χ0v) is 20.8. The summed E-state index contributed by atoms with van der Waals surface area (Å²) in [4.78, 5) is 6.83. The number of rotatable bonds is 8. The highest BCUT2D eigenvalue weighted by Gasteiger charge is 2.34. The van der Waals surface area contributed by atoms with Gasteiger partial charge in [0.2, 0.25) is 5.82 Å². The standard InChI is InChI=1S/C26H30N4O3S/c1-5-7-14-30-16(3)22(23(27-26(30)34)19-12-13-21(32-4)20(31)15-19)25-28-24(29-33-25)18-10-8-17(6-2)9-11-18/h8-13,15,23,31H,5-7,14H2,1-4H3,(H,27,34). The summed E-state index contributed by atoms with van der Waals surface area (Å²) in [6, 6.07) is 13.1. The Morgan fingerprint density at radius 2 is 1.94 bits per heavy atom. The maximum atomic E-state index is 10.4. The van der Waals surface area contributed by atoms with Crippen molar-refractivity contribution >= 4 is 22.9 Å². The lowest BCUT2D eigenvalue weighted by Crippen LogP contribution is -2.46. The minimum atomic E-state index is -0.363. The molecule has 1 aliphatic rings. The topological polar surface area (TPSA) is 83.7 Å². The van der Waals surface area contributed by atoms with Gasteiger partial charge in [0.15, 0.2) is 16.6 Å². The number of hydrogen-bond donors (Lipinski definition) is 2. The first-order valence-corrected chi connectivity index (χ1v) is 12.0. The van der Waals surface area contributed by atoms with E-state index in [0.717, 1.165) is 48.2 Å². The number of methoxy groups -OCH3 is 1. The Hall–Kier alpha value is -3.39. The van der Waals surface area contributed by atoms with Crippen molar-refractivity contribution in [3.63, 3.8) is 0 Å². The molecule has 1 aromatic heterocycles. The molecule has 8 heteroatoms. The van der Waals surface area contributed by atoms with Gasteiger partial charge < -0.3 is 24.6 Å². The molecule has 0 spiro atoms. The van der Waals surface area contributed by atoms with Crippen molar-refractivity contribution in [1.82, 2.24) is 20.4 Å². The summed E-state index contributed by atoms with van der Waals surface area (Å²) in [6.45, 7) is 7.09. The number of nitrogens with zero attached hydrogens (tertiary/aromatic N) is 3. The summed E-state index contributed by atoms with van der Waals surface area (Å²) in [6.07, 6.45) is 3.02. The molecule has 3 aromatic rings. The van der Waals surface area contributed by atoms with E-state index in [1.54, 1.807) is 12.1 Å². The van der Waals surface area contributed by atoms with Gasteiger partial charge in [-0.05, 0) is 55.2 Å². The fourth-order valence-corrected chi connectivity index (χ4v) is 4.47. The molecule has 178 valence electrons. The second-order valence-electron chi connectivity index (χ2n) is 8.29. The Kier molecular flexibility index (Phi) is 7.17. The first-order valence-electron chi connectivity index (χ1n) is 11.6. The van der Waals surface area contributed by atoms with Crippen LogP contribution in [0.2, 0.25) is 0 Å². The van der Waals surface area contributed by atoms with Crippen LogP contribution in [0.4, 0.5) is 0 Å². The number of nitrogens with one attached hydrogen (secondary N) is 1. The highest BCUT2D eigenvalue weighted by molar-refractivity contribution is 7.80. The first kappa shape index (κ1) is 23.8. The third-order valence-corrected chi connectivity index (χ3v) is 6.48. The number of aryl methyl sites for hydroxylation is 1. The smallest absolute Gasteiger partial charge is 0.258 e. The third kappa shape index (κ3) is 4.63. The molecule has 2 heterocycles. The zero-order chi connectivity index (χ0) is 24.2. The minimum absolute atomic E-state index is 0.0559. The van der Waals surface area contributed by atoms with Crippen molar-refractivity contribution in [2.75, 3.05) is 13.7 Å². The third-order valence-electron chi connectivity index (χ3n) is 6.14. The lowest BCUT2D eigenvalue weighted by molar-refractivity contribution is 0.372. The van der Waals surface area contributed by atoms with E-state index in [4.69, 9.17) is 26.5 Å². The van der Waals surface area contributed by atoms with Gasteiger partial charge >= 0.3 is 0 Å². The summed E-state index contributed by atoms with van der Waals surface area (Å²) in [7, 11) is 1.52. The Morgan fingerprint density at radius 3 is 2.59 bits per heavy atom. The van der Waals surface area contributed by atoms with Crippen LogP contribution in [0.5, 0.6) is 11.5 Å². The fourth-order valence-electron chi connectivity index (χ4n) is 4.12. The number of benzene rings is 2. The van der Waals surface area contributed by atoms with Crippen LogP contribution in [-0.2, 0) is 6.42 Å². The van der Waals surface area contributed by atoms with Crippen molar-refractivity contribution in [2.45, 2.75) is 46.1 Å². The number of thiocarbonyl (C=S) groups is 1. The lowest BCUT2D eigenvalue weighted by atomic mass is 9.94. The molecule has 1 atom stereocenters. The van der Waals surface area contributed by atoms with Crippen LogP contribution >= 0.6 is 12.2 Å². The Balaban J connectivity index is 1.78. The average molecular weight is 479 g/mol. The molecule has 0 radical (unpaired) electrons. The lowest BCUT2D eigenvalue weighted by Gasteiger charge is -2.37. The van der Waals surface area contributed by atoms with E-state index in [-0.39, 0.29) is 11.8 Å². The number of unbranched alkanes of at least 4 members (excludes halogenated alkanes) is 1. The summed E-state index contributed by atoms with van der Waals surface area (Å²) in [5.41, 5.74) is 4.75. The molecule has 1 unspecified atom stereocenters. The minimum Gasteiger partial charge on any atom is -0.504 e. The molecule has 0 saturated heterocycles. The van der Waals surface area contributed by atoms with Crippen LogP contribution in [0, 0.1) is 0 Å². The predicted molar refractivity (Wildman–Crippen MR) is 136 cm³/mol. The van der Waals surface area contributed by atoms with Crippen molar-refractivity contribution in [2.24, 2.45) is 0 Å². The van der Waals surface area contributed by atoms with Crippen molar-refractivity contribution in [1.29, 1.82) is 0 Å². The number of phenols is 1. The van der Waals surface area contributed by atoms with Crippen LogP contribution in [0.3, 0.4) is 0 Å². The molecule has 0 saturated carbocycles. The van der Waals surface area contributed by atoms with Gasteiger partial charge in [-0.25, -0.2) is 0 Å². The van der Waals surface area contributed by atoms with Crippen LogP contribution < -0.4 is 10.1 Å². The molecule has 0 amide bonds. The van der Waals surface area contributed by atoms with Gasteiger partial charge in [-0.1, -0.05) is 55.8 Å². The average Bonchev–Trinajstić information content (AvgIpc) is 3.33. The highest BCUT2D eigenvalue weighted by Crippen LogP contribution is 2.39.